The van der Waals surface area contributed by atoms with E-state index in [0.717, 1.165) is 37.8 Å². The summed E-state index contributed by atoms with van der Waals surface area (Å²) in [6.07, 6.45) is 6.60. The number of urea groups is 1. The zero-order chi connectivity index (χ0) is 21.3. The van der Waals surface area contributed by atoms with Crippen LogP contribution < -0.4 is 15.2 Å². The van der Waals surface area contributed by atoms with Crippen LogP contribution >= 0.6 is 0 Å². The number of methoxy groups -OCH3 is 1. The van der Waals surface area contributed by atoms with E-state index in [1.165, 1.54) is 33.1 Å². The molecule has 0 spiro atoms. The van der Waals surface area contributed by atoms with Crippen LogP contribution in [0, 0.1) is 0 Å². The molecule has 1 aromatic carbocycles. The Bertz CT molecular complexity index is 1220. The van der Waals surface area contributed by atoms with Gasteiger partial charge in [0.15, 0.2) is 9.92 Å². The second-order valence-electron chi connectivity index (χ2n) is 8.87. The number of anilines is 1. The van der Waals surface area contributed by atoms with Gasteiger partial charge in [-0.3, -0.25) is 0 Å². The average Bonchev–Trinajstić information content (AvgIpc) is 3.46. The molecular formula is C21H25N5O4S. The van der Waals surface area contributed by atoms with E-state index in [-0.39, 0.29) is 16.9 Å². The number of aryl methyl sites for hydroxylation is 1. The number of hydrogen-bond donors (Lipinski definition) is 2. The molecule has 2 aromatic rings. The third-order valence-corrected chi connectivity index (χ3v) is 8.45. The molecule has 10 heteroatoms. The molecule has 164 valence electrons. The molecule has 3 N–H and O–H groups in total. The number of amides is 2. The molecule has 2 amide bonds. The number of benzene rings is 1. The van der Waals surface area contributed by atoms with Gasteiger partial charge in [0.05, 0.1) is 12.7 Å². The van der Waals surface area contributed by atoms with Crippen molar-refractivity contribution >= 4 is 21.6 Å². The predicted molar refractivity (Wildman–Crippen MR) is 114 cm³/mol. The standard InChI is InChI=1S/C21H25N5O4S/c1-29-14-9-26-20(30-10-14)17(8-23-26)31(22,28)25-21(27)24-19-15-4-2-3-11(15)7-16-12-5-13(6-12)18(16)19/h7-8,12-14H,2-6,9-10H2,1H3,(H3,22,24,25,27,28)/t12?,13?,14-,31?/m0/s1. The van der Waals surface area contributed by atoms with E-state index < -0.39 is 15.9 Å². The molecule has 1 aromatic heterocycles. The van der Waals surface area contributed by atoms with Gasteiger partial charge in [-0.1, -0.05) is 6.07 Å². The Morgan fingerprint density at radius 2 is 2.23 bits per heavy atom. The van der Waals surface area contributed by atoms with Crippen LogP contribution in [0.25, 0.3) is 0 Å². The fourth-order valence-electron chi connectivity index (χ4n) is 5.51. The minimum Gasteiger partial charge on any atom is -0.474 e. The molecule has 2 bridgehead atoms. The monoisotopic (exact) mass is 443 g/mol. The topological polar surface area (TPSA) is 121 Å². The van der Waals surface area contributed by atoms with Gasteiger partial charge in [0.1, 0.15) is 17.6 Å². The molecule has 0 radical (unpaired) electrons. The lowest BCUT2D eigenvalue weighted by Crippen LogP contribution is -2.32. The fourth-order valence-corrected chi connectivity index (χ4v) is 6.51. The van der Waals surface area contributed by atoms with Crippen molar-refractivity contribution in [3.63, 3.8) is 0 Å². The summed E-state index contributed by atoms with van der Waals surface area (Å²) in [5.41, 5.74) is 6.04. The average molecular weight is 444 g/mol. The minimum atomic E-state index is -3.52. The number of fused-ring (bicyclic) bond motifs is 2. The summed E-state index contributed by atoms with van der Waals surface area (Å²) in [7, 11) is -1.93. The second-order valence-corrected chi connectivity index (χ2v) is 10.6. The first-order valence-electron chi connectivity index (χ1n) is 10.7. The summed E-state index contributed by atoms with van der Waals surface area (Å²) in [5.74, 6) is 1.40. The SMILES string of the molecule is CO[C@@H]1COc2c(S(N)(=O)=NC(=O)Nc3c4c(cc5c3C3CC5C3)CCC4)cnn2C1. The Morgan fingerprint density at radius 1 is 1.39 bits per heavy atom. The normalized spacial score (nSPS) is 26.7. The van der Waals surface area contributed by atoms with E-state index in [4.69, 9.17) is 14.6 Å². The molecule has 1 saturated carbocycles. The Kier molecular flexibility index (Phi) is 4.22. The molecule has 9 nitrogen and oxygen atoms in total. The minimum absolute atomic E-state index is 0.128. The highest BCUT2D eigenvalue weighted by Crippen LogP contribution is 2.61. The first-order chi connectivity index (χ1) is 14.9. The van der Waals surface area contributed by atoms with Crippen LogP contribution in [0.4, 0.5) is 10.5 Å². The van der Waals surface area contributed by atoms with E-state index in [1.807, 2.05) is 0 Å². The van der Waals surface area contributed by atoms with Gasteiger partial charge in [0.25, 0.3) is 0 Å². The van der Waals surface area contributed by atoms with Gasteiger partial charge < -0.3 is 14.8 Å². The van der Waals surface area contributed by atoms with Gasteiger partial charge in [-0.05, 0) is 66.2 Å². The second kappa shape index (κ2) is 6.78. The zero-order valence-corrected chi connectivity index (χ0v) is 18.1. The fraction of sp³-hybridized carbons (Fsp3) is 0.524. The smallest absolute Gasteiger partial charge is 0.354 e. The van der Waals surface area contributed by atoms with Crippen molar-refractivity contribution in [3.8, 4) is 5.88 Å². The van der Waals surface area contributed by atoms with Crippen molar-refractivity contribution in [2.75, 3.05) is 19.0 Å². The lowest BCUT2D eigenvalue weighted by atomic mass is 9.81. The van der Waals surface area contributed by atoms with E-state index in [9.17, 15) is 9.00 Å². The zero-order valence-electron chi connectivity index (χ0n) is 17.3. The third-order valence-electron chi connectivity index (χ3n) is 7.10. The number of ether oxygens (including phenoxy) is 2. The van der Waals surface area contributed by atoms with Crippen LogP contribution in [-0.4, -0.2) is 39.8 Å². The van der Waals surface area contributed by atoms with Crippen molar-refractivity contribution < 1.29 is 18.5 Å². The Hall–Kier alpha value is -2.43. The molecule has 0 saturated heterocycles. The van der Waals surface area contributed by atoms with E-state index >= 15 is 0 Å². The molecule has 1 fully saturated rings. The Labute approximate surface area is 180 Å². The number of carbonyl (C=O) groups is 1. The van der Waals surface area contributed by atoms with Crippen LogP contribution in [0.1, 0.15) is 53.4 Å². The van der Waals surface area contributed by atoms with Crippen molar-refractivity contribution in [3.05, 3.63) is 34.5 Å². The van der Waals surface area contributed by atoms with E-state index in [0.29, 0.717) is 25.0 Å². The number of nitrogens with one attached hydrogen (secondary N) is 1. The third kappa shape index (κ3) is 2.92. The Morgan fingerprint density at radius 3 is 3.03 bits per heavy atom. The van der Waals surface area contributed by atoms with Gasteiger partial charge in [-0.2, -0.15) is 5.10 Å². The highest BCUT2D eigenvalue weighted by Gasteiger charge is 2.44. The first kappa shape index (κ1) is 19.3. The quantitative estimate of drug-likeness (QED) is 0.755. The van der Waals surface area contributed by atoms with Gasteiger partial charge in [-0.25, -0.2) is 18.8 Å². The van der Waals surface area contributed by atoms with Gasteiger partial charge in [-0.15, -0.1) is 4.36 Å². The maximum Gasteiger partial charge on any atom is 0.354 e. The molecule has 4 aliphatic carbocycles. The maximum atomic E-state index is 13.2. The lowest BCUT2D eigenvalue weighted by molar-refractivity contribution is 0.0165. The molecule has 1 aliphatic heterocycles. The number of rotatable bonds is 3. The maximum absolute atomic E-state index is 13.2. The summed E-state index contributed by atoms with van der Waals surface area (Å²) in [5, 5.41) is 13.2. The van der Waals surface area contributed by atoms with E-state index in [1.54, 1.807) is 7.11 Å². The number of nitrogens with two attached hydrogens (primary N) is 1. The van der Waals surface area contributed by atoms with E-state index in [2.05, 4.69) is 20.8 Å². The van der Waals surface area contributed by atoms with Crippen molar-refractivity contribution in [2.24, 2.45) is 9.50 Å². The molecule has 7 rings (SSSR count). The van der Waals surface area contributed by atoms with Crippen LogP contribution in [-0.2, 0) is 34.0 Å². The molecular weight excluding hydrogens is 418 g/mol. The van der Waals surface area contributed by atoms with Crippen LogP contribution in [0.5, 0.6) is 5.88 Å². The van der Waals surface area contributed by atoms with Gasteiger partial charge in [0, 0.05) is 12.8 Å². The summed E-state index contributed by atoms with van der Waals surface area (Å²) >= 11 is 0. The summed E-state index contributed by atoms with van der Waals surface area (Å²) in [6.45, 7) is 0.750. The lowest BCUT2D eigenvalue weighted by Gasteiger charge is -2.23. The Balaban J connectivity index is 1.33. The van der Waals surface area contributed by atoms with Crippen molar-refractivity contribution in [1.82, 2.24) is 9.78 Å². The van der Waals surface area contributed by atoms with Crippen molar-refractivity contribution in [1.29, 1.82) is 0 Å². The molecule has 5 aliphatic rings. The van der Waals surface area contributed by atoms with Crippen LogP contribution in [0.15, 0.2) is 21.5 Å². The number of aromatic nitrogens is 2. The summed E-state index contributed by atoms with van der Waals surface area (Å²) in [4.78, 5) is 13.0. The molecule has 31 heavy (non-hydrogen) atoms. The molecule has 2 heterocycles. The van der Waals surface area contributed by atoms with Crippen LogP contribution in [0.3, 0.4) is 0 Å². The van der Waals surface area contributed by atoms with Crippen LogP contribution in [0.2, 0.25) is 0 Å². The predicted octanol–water partition coefficient (Wildman–Crippen LogP) is 2.69. The van der Waals surface area contributed by atoms with Gasteiger partial charge >= 0.3 is 6.03 Å². The molecule has 1 unspecified atom stereocenters. The number of nitrogens with zero attached hydrogens (tertiary/aromatic N) is 3. The largest absolute Gasteiger partial charge is 0.474 e. The van der Waals surface area contributed by atoms with Crippen molar-refractivity contribution in [2.45, 2.75) is 61.5 Å². The first-order valence-corrected chi connectivity index (χ1v) is 12.3. The molecule has 2 atom stereocenters. The summed E-state index contributed by atoms with van der Waals surface area (Å²) in [6, 6.07) is 1.66. The van der Waals surface area contributed by atoms with Gasteiger partial charge in [0.2, 0.25) is 5.88 Å². The highest BCUT2D eigenvalue weighted by atomic mass is 32.2. The number of carbonyl (C=O) groups excluding carboxylic acids is 1. The number of hydrogen-bond acceptors (Lipinski definition) is 5. The summed E-state index contributed by atoms with van der Waals surface area (Å²) < 4.78 is 29.5. The highest BCUT2D eigenvalue weighted by molar-refractivity contribution is 7.91.